The van der Waals surface area contributed by atoms with Crippen LogP contribution in [0.3, 0.4) is 0 Å². The molecule has 0 aromatic carbocycles. The first-order chi connectivity index (χ1) is 10.2. The lowest BCUT2D eigenvalue weighted by Crippen LogP contribution is -2.47. The Hall–Kier alpha value is -1.56. The minimum atomic E-state index is -0.00570. The standard InChI is InChI=1S/C15H26N4O2/c1-2-3-7-19(8-4-9-20)15(21)17-13-5-6-14-12(10-13)11-16-18-14/h11,13,20H,2-10H2,1H3,(H,16,18)(H,17,21). The Labute approximate surface area is 125 Å². The van der Waals surface area contributed by atoms with Crippen LogP contribution in [0.25, 0.3) is 0 Å². The van der Waals surface area contributed by atoms with Gasteiger partial charge in [-0.1, -0.05) is 13.3 Å². The molecule has 0 bridgehead atoms. The van der Waals surface area contributed by atoms with Crippen molar-refractivity contribution in [3.05, 3.63) is 17.5 Å². The number of amides is 2. The van der Waals surface area contributed by atoms with Gasteiger partial charge in [-0.3, -0.25) is 5.10 Å². The number of nitrogens with zero attached hydrogens (tertiary/aromatic N) is 2. The molecule has 0 saturated heterocycles. The number of aromatic amines is 1. The fourth-order valence-electron chi connectivity index (χ4n) is 2.73. The number of urea groups is 1. The molecular weight excluding hydrogens is 268 g/mol. The molecule has 6 heteroatoms. The molecule has 0 aliphatic heterocycles. The van der Waals surface area contributed by atoms with E-state index in [0.717, 1.165) is 38.6 Å². The van der Waals surface area contributed by atoms with Gasteiger partial charge in [0.2, 0.25) is 0 Å². The minimum Gasteiger partial charge on any atom is -0.396 e. The lowest BCUT2D eigenvalue weighted by Gasteiger charge is -2.28. The fraction of sp³-hybridized carbons (Fsp3) is 0.733. The number of aliphatic hydroxyl groups excluding tert-OH is 1. The number of unbranched alkanes of at least 4 members (excludes halogenated alkanes) is 1. The van der Waals surface area contributed by atoms with Gasteiger partial charge in [-0.15, -0.1) is 0 Å². The molecule has 0 fully saturated rings. The third-order valence-corrected chi connectivity index (χ3v) is 4.00. The van der Waals surface area contributed by atoms with Crippen molar-refractivity contribution in [2.24, 2.45) is 0 Å². The lowest BCUT2D eigenvalue weighted by atomic mass is 9.94. The Bertz CT molecular complexity index is 439. The molecular formula is C15H26N4O2. The highest BCUT2D eigenvalue weighted by atomic mass is 16.3. The van der Waals surface area contributed by atoms with Crippen LogP contribution in [0.5, 0.6) is 0 Å². The number of aromatic nitrogens is 2. The van der Waals surface area contributed by atoms with Gasteiger partial charge in [0, 0.05) is 31.4 Å². The smallest absolute Gasteiger partial charge is 0.317 e. The van der Waals surface area contributed by atoms with Crippen LogP contribution in [0.1, 0.15) is 43.9 Å². The van der Waals surface area contributed by atoms with E-state index >= 15 is 0 Å². The zero-order valence-electron chi connectivity index (χ0n) is 12.8. The Morgan fingerprint density at radius 1 is 1.52 bits per heavy atom. The van der Waals surface area contributed by atoms with Crippen LogP contribution in [0.4, 0.5) is 4.79 Å². The normalized spacial score (nSPS) is 17.3. The highest BCUT2D eigenvalue weighted by molar-refractivity contribution is 5.74. The van der Waals surface area contributed by atoms with Crippen LogP contribution in [0, 0.1) is 0 Å². The van der Waals surface area contributed by atoms with E-state index in [-0.39, 0.29) is 18.7 Å². The van der Waals surface area contributed by atoms with Crippen molar-refractivity contribution in [1.82, 2.24) is 20.4 Å². The average molecular weight is 294 g/mol. The van der Waals surface area contributed by atoms with E-state index < -0.39 is 0 Å². The van der Waals surface area contributed by atoms with Crippen LogP contribution >= 0.6 is 0 Å². The highest BCUT2D eigenvalue weighted by Gasteiger charge is 2.23. The summed E-state index contributed by atoms with van der Waals surface area (Å²) in [5, 5.41) is 19.2. The quantitative estimate of drug-likeness (QED) is 0.712. The van der Waals surface area contributed by atoms with Crippen LogP contribution in [-0.2, 0) is 12.8 Å². The number of H-pyrrole nitrogens is 1. The third kappa shape index (κ3) is 4.46. The number of aryl methyl sites for hydroxylation is 1. The van der Waals surface area contributed by atoms with Gasteiger partial charge in [-0.2, -0.15) is 5.10 Å². The lowest BCUT2D eigenvalue weighted by molar-refractivity contribution is 0.183. The summed E-state index contributed by atoms with van der Waals surface area (Å²) in [4.78, 5) is 14.2. The second-order valence-electron chi connectivity index (χ2n) is 5.68. The Balaban J connectivity index is 1.86. The topological polar surface area (TPSA) is 81.2 Å². The summed E-state index contributed by atoms with van der Waals surface area (Å²) in [5.41, 5.74) is 2.41. The maximum Gasteiger partial charge on any atom is 0.317 e. The van der Waals surface area contributed by atoms with E-state index in [1.54, 1.807) is 0 Å². The maximum absolute atomic E-state index is 12.4. The predicted octanol–water partition coefficient (Wildman–Crippen LogP) is 1.46. The van der Waals surface area contributed by atoms with E-state index in [2.05, 4.69) is 22.4 Å². The van der Waals surface area contributed by atoms with Gasteiger partial charge in [-0.05, 0) is 37.7 Å². The van der Waals surface area contributed by atoms with Gasteiger partial charge in [0.25, 0.3) is 0 Å². The first-order valence-corrected chi connectivity index (χ1v) is 7.92. The molecule has 1 aromatic rings. The minimum absolute atomic E-state index is 0.00570. The van der Waals surface area contributed by atoms with Gasteiger partial charge in [0.05, 0.1) is 6.20 Å². The fourth-order valence-corrected chi connectivity index (χ4v) is 2.73. The summed E-state index contributed by atoms with van der Waals surface area (Å²) >= 11 is 0. The van der Waals surface area contributed by atoms with Crippen molar-refractivity contribution in [2.75, 3.05) is 19.7 Å². The van der Waals surface area contributed by atoms with Crippen LogP contribution in [0.2, 0.25) is 0 Å². The van der Waals surface area contributed by atoms with Crippen molar-refractivity contribution >= 4 is 6.03 Å². The van der Waals surface area contributed by atoms with Gasteiger partial charge in [-0.25, -0.2) is 4.79 Å². The number of hydrogen-bond acceptors (Lipinski definition) is 3. The predicted molar refractivity (Wildman–Crippen MR) is 81.1 cm³/mol. The van der Waals surface area contributed by atoms with Gasteiger partial charge >= 0.3 is 6.03 Å². The summed E-state index contributed by atoms with van der Waals surface area (Å²) in [5.74, 6) is 0. The zero-order chi connectivity index (χ0) is 15.1. The molecule has 1 atom stereocenters. The number of fused-ring (bicyclic) bond motifs is 1. The summed E-state index contributed by atoms with van der Waals surface area (Å²) in [6, 6.07) is 0.176. The molecule has 2 amide bonds. The van der Waals surface area contributed by atoms with Gasteiger partial charge < -0.3 is 15.3 Å². The number of nitrogens with one attached hydrogen (secondary N) is 2. The highest BCUT2D eigenvalue weighted by Crippen LogP contribution is 2.19. The number of hydrogen-bond donors (Lipinski definition) is 3. The van der Waals surface area contributed by atoms with Gasteiger partial charge in [0.15, 0.2) is 0 Å². The molecule has 1 heterocycles. The molecule has 21 heavy (non-hydrogen) atoms. The summed E-state index contributed by atoms with van der Waals surface area (Å²) in [6.07, 6.45) is 7.27. The molecule has 118 valence electrons. The molecule has 0 spiro atoms. The molecule has 1 aliphatic rings. The van der Waals surface area contributed by atoms with E-state index in [9.17, 15) is 4.79 Å². The Morgan fingerprint density at radius 2 is 2.33 bits per heavy atom. The summed E-state index contributed by atoms with van der Waals surface area (Å²) in [6.45, 7) is 3.61. The number of carbonyl (C=O) groups excluding carboxylic acids is 1. The van der Waals surface area contributed by atoms with Crippen molar-refractivity contribution < 1.29 is 9.90 Å². The molecule has 1 aliphatic carbocycles. The largest absolute Gasteiger partial charge is 0.396 e. The van der Waals surface area contributed by atoms with Crippen LogP contribution in [0.15, 0.2) is 6.20 Å². The average Bonchev–Trinajstić information content (AvgIpc) is 2.95. The van der Waals surface area contributed by atoms with Crippen molar-refractivity contribution in [3.63, 3.8) is 0 Å². The third-order valence-electron chi connectivity index (χ3n) is 4.00. The number of rotatable bonds is 7. The van der Waals surface area contributed by atoms with E-state index in [1.165, 1.54) is 11.3 Å². The number of aliphatic hydroxyl groups is 1. The SMILES string of the molecule is CCCCN(CCCO)C(=O)NC1CCc2[nH]ncc2C1. The van der Waals surface area contributed by atoms with Crippen molar-refractivity contribution in [2.45, 2.75) is 51.5 Å². The molecule has 0 saturated carbocycles. The van der Waals surface area contributed by atoms with Crippen molar-refractivity contribution in [1.29, 1.82) is 0 Å². The second kappa shape index (κ2) is 8.02. The van der Waals surface area contributed by atoms with E-state index in [1.807, 2.05) is 11.1 Å². The molecule has 0 radical (unpaired) electrons. The van der Waals surface area contributed by atoms with Crippen molar-refractivity contribution in [3.8, 4) is 0 Å². The second-order valence-corrected chi connectivity index (χ2v) is 5.68. The first-order valence-electron chi connectivity index (χ1n) is 7.92. The zero-order valence-corrected chi connectivity index (χ0v) is 12.8. The molecule has 1 unspecified atom stereocenters. The summed E-state index contributed by atoms with van der Waals surface area (Å²) < 4.78 is 0. The molecule has 1 aromatic heterocycles. The number of carbonyl (C=O) groups is 1. The monoisotopic (exact) mass is 294 g/mol. The Morgan fingerprint density at radius 3 is 3.10 bits per heavy atom. The van der Waals surface area contributed by atoms with Crippen LogP contribution in [-0.4, -0.2) is 52.0 Å². The van der Waals surface area contributed by atoms with Gasteiger partial charge in [0.1, 0.15) is 0 Å². The molecule has 2 rings (SSSR count). The summed E-state index contributed by atoms with van der Waals surface area (Å²) in [7, 11) is 0. The van der Waals surface area contributed by atoms with Crippen LogP contribution < -0.4 is 5.32 Å². The van der Waals surface area contributed by atoms with E-state index in [0.29, 0.717) is 13.0 Å². The Kier molecular flexibility index (Phi) is 6.04. The first kappa shape index (κ1) is 15.8. The van der Waals surface area contributed by atoms with E-state index in [4.69, 9.17) is 5.11 Å². The molecule has 3 N–H and O–H groups in total. The molecule has 6 nitrogen and oxygen atoms in total. The maximum atomic E-state index is 12.4.